The number of nitrogens with zero attached hydrogens (tertiary/aromatic N) is 1. The first kappa shape index (κ1) is 17.3. The van der Waals surface area contributed by atoms with Gasteiger partial charge in [-0.05, 0) is 50.7 Å². The predicted octanol–water partition coefficient (Wildman–Crippen LogP) is 2.50. The highest BCUT2D eigenvalue weighted by Gasteiger charge is 2.31. The minimum absolute atomic E-state index is 0.173. The molecule has 0 bridgehead atoms. The number of hydrogen-bond donors (Lipinski definition) is 2. The fraction of sp³-hybridized carbons (Fsp3) is 0.412. The van der Waals surface area contributed by atoms with Crippen molar-refractivity contribution in [1.82, 2.24) is 10.6 Å². The van der Waals surface area contributed by atoms with Crippen LogP contribution in [0.15, 0.2) is 35.5 Å². The van der Waals surface area contributed by atoms with Gasteiger partial charge in [0.2, 0.25) is 0 Å². The van der Waals surface area contributed by atoms with E-state index in [9.17, 15) is 4.79 Å². The summed E-state index contributed by atoms with van der Waals surface area (Å²) in [6.45, 7) is 5.51. The number of nitrogens with one attached hydrogen (secondary N) is 2. The Labute approximate surface area is 142 Å². The maximum atomic E-state index is 12.5. The molecule has 0 spiro atoms. The molecule has 0 radical (unpaired) electrons. The van der Waals surface area contributed by atoms with Gasteiger partial charge >= 0.3 is 5.97 Å². The van der Waals surface area contributed by atoms with Crippen molar-refractivity contribution in [3.8, 4) is 0 Å². The van der Waals surface area contributed by atoms with Gasteiger partial charge in [-0.2, -0.15) is 0 Å². The molecule has 0 fully saturated rings. The van der Waals surface area contributed by atoms with Crippen molar-refractivity contribution in [1.29, 1.82) is 0 Å². The van der Waals surface area contributed by atoms with Gasteiger partial charge in [-0.3, -0.25) is 0 Å². The third-order valence-electron chi connectivity index (χ3n) is 3.57. The zero-order valence-electron chi connectivity index (χ0n) is 14.1. The number of thiocarbonyl (C=S) groups is 1. The Bertz CT molecular complexity index is 636. The molecule has 0 amide bonds. The van der Waals surface area contributed by atoms with Crippen LogP contribution in [0.25, 0.3) is 0 Å². The van der Waals surface area contributed by atoms with Crippen molar-refractivity contribution in [3.05, 3.63) is 41.1 Å². The average molecular weight is 333 g/mol. The van der Waals surface area contributed by atoms with E-state index in [0.29, 0.717) is 10.7 Å². The van der Waals surface area contributed by atoms with Crippen molar-refractivity contribution in [2.45, 2.75) is 32.9 Å². The summed E-state index contributed by atoms with van der Waals surface area (Å²) in [6, 6.07) is 7.71. The van der Waals surface area contributed by atoms with E-state index in [2.05, 4.69) is 10.6 Å². The Kier molecular flexibility index (Phi) is 5.26. The maximum absolute atomic E-state index is 12.5. The van der Waals surface area contributed by atoms with Crippen LogP contribution in [0.1, 0.15) is 32.4 Å². The SMILES string of the molecule is CC1=C(C(=O)OC(C)C)[C@H](c2ccc(N(C)C)cc2)NC(=S)N1. The van der Waals surface area contributed by atoms with E-state index in [0.717, 1.165) is 16.9 Å². The standard InChI is InChI=1S/C17H23N3O2S/c1-10(2)22-16(21)14-11(3)18-17(23)19-15(14)12-6-8-13(9-7-12)20(4)5/h6-10,15H,1-5H3,(H2,18,19,23)/t15-/m0/s1. The lowest BCUT2D eigenvalue weighted by molar-refractivity contribution is -0.143. The van der Waals surface area contributed by atoms with Gasteiger partial charge < -0.3 is 20.3 Å². The Morgan fingerprint density at radius 3 is 2.39 bits per heavy atom. The van der Waals surface area contributed by atoms with Crippen molar-refractivity contribution in [2.75, 3.05) is 19.0 Å². The van der Waals surface area contributed by atoms with Crippen molar-refractivity contribution in [3.63, 3.8) is 0 Å². The molecule has 5 nitrogen and oxygen atoms in total. The van der Waals surface area contributed by atoms with E-state index < -0.39 is 0 Å². The van der Waals surface area contributed by atoms with Gasteiger partial charge in [0, 0.05) is 25.5 Å². The molecule has 1 heterocycles. The van der Waals surface area contributed by atoms with Crippen LogP contribution in [0.5, 0.6) is 0 Å². The molecule has 0 unspecified atom stereocenters. The van der Waals surface area contributed by atoms with Gasteiger partial charge in [-0.15, -0.1) is 0 Å². The molecule has 2 rings (SSSR count). The number of rotatable bonds is 4. The summed E-state index contributed by atoms with van der Waals surface area (Å²) in [4.78, 5) is 14.5. The molecule has 0 aliphatic carbocycles. The Morgan fingerprint density at radius 2 is 1.87 bits per heavy atom. The summed E-state index contributed by atoms with van der Waals surface area (Å²) in [5.74, 6) is -0.332. The Hall–Kier alpha value is -2.08. The molecular weight excluding hydrogens is 310 g/mol. The normalized spacial score (nSPS) is 17.7. The molecule has 1 aromatic rings. The van der Waals surface area contributed by atoms with Crippen molar-refractivity contribution in [2.24, 2.45) is 0 Å². The Morgan fingerprint density at radius 1 is 1.26 bits per heavy atom. The first-order valence-electron chi connectivity index (χ1n) is 7.56. The number of anilines is 1. The number of esters is 1. The summed E-state index contributed by atoms with van der Waals surface area (Å²) in [6.07, 6.45) is -0.173. The molecule has 1 atom stereocenters. The minimum Gasteiger partial charge on any atom is -0.459 e. The van der Waals surface area contributed by atoms with Gasteiger partial charge in [0.25, 0.3) is 0 Å². The number of allylic oxidation sites excluding steroid dienone is 1. The molecule has 1 aliphatic rings. The molecular formula is C17H23N3O2S. The largest absolute Gasteiger partial charge is 0.459 e. The van der Waals surface area contributed by atoms with Gasteiger partial charge in [0.1, 0.15) is 0 Å². The molecule has 0 saturated heterocycles. The summed E-state index contributed by atoms with van der Waals surface area (Å²) < 4.78 is 5.38. The van der Waals surface area contributed by atoms with Gasteiger partial charge in [-0.25, -0.2) is 4.79 Å². The van der Waals surface area contributed by atoms with Crippen LogP contribution in [-0.4, -0.2) is 31.3 Å². The number of carbonyl (C=O) groups excluding carboxylic acids is 1. The molecule has 23 heavy (non-hydrogen) atoms. The lowest BCUT2D eigenvalue weighted by Crippen LogP contribution is -2.45. The zero-order valence-corrected chi connectivity index (χ0v) is 15.0. The summed E-state index contributed by atoms with van der Waals surface area (Å²) in [7, 11) is 3.98. The van der Waals surface area contributed by atoms with Crippen molar-refractivity contribution >= 4 is 29.0 Å². The topological polar surface area (TPSA) is 53.6 Å². The fourth-order valence-corrected chi connectivity index (χ4v) is 2.73. The third kappa shape index (κ3) is 4.01. The number of ether oxygens (including phenoxy) is 1. The first-order chi connectivity index (χ1) is 10.8. The van der Waals surface area contributed by atoms with Gasteiger partial charge in [-0.1, -0.05) is 12.1 Å². The van der Waals surface area contributed by atoms with E-state index >= 15 is 0 Å². The second-order valence-electron chi connectivity index (χ2n) is 6.01. The van der Waals surface area contributed by atoms with Crippen LogP contribution < -0.4 is 15.5 Å². The molecule has 6 heteroatoms. The zero-order chi connectivity index (χ0) is 17.1. The van der Waals surface area contributed by atoms with E-state index in [4.69, 9.17) is 17.0 Å². The summed E-state index contributed by atoms with van der Waals surface area (Å²) in [5, 5.41) is 6.67. The quantitative estimate of drug-likeness (QED) is 0.652. The van der Waals surface area contributed by atoms with Crippen LogP contribution in [0.3, 0.4) is 0 Å². The molecule has 1 aromatic carbocycles. The van der Waals surface area contributed by atoms with Gasteiger partial charge in [0.05, 0.1) is 17.7 Å². The number of carbonyl (C=O) groups is 1. The number of benzene rings is 1. The van der Waals surface area contributed by atoms with Gasteiger partial charge in [0.15, 0.2) is 5.11 Å². The second-order valence-corrected chi connectivity index (χ2v) is 6.42. The van der Waals surface area contributed by atoms with Crippen molar-refractivity contribution < 1.29 is 9.53 Å². The third-order valence-corrected chi connectivity index (χ3v) is 3.79. The summed E-state index contributed by atoms with van der Waals surface area (Å²) >= 11 is 5.24. The van der Waals surface area contributed by atoms with E-state index in [-0.39, 0.29) is 18.1 Å². The van der Waals surface area contributed by atoms with Crippen LogP contribution in [0, 0.1) is 0 Å². The summed E-state index contributed by atoms with van der Waals surface area (Å²) in [5.41, 5.74) is 3.35. The molecule has 2 N–H and O–H groups in total. The molecule has 1 aliphatic heterocycles. The second kappa shape index (κ2) is 7.00. The number of hydrogen-bond acceptors (Lipinski definition) is 4. The highest BCUT2D eigenvalue weighted by molar-refractivity contribution is 7.80. The average Bonchev–Trinajstić information content (AvgIpc) is 2.45. The predicted molar refractivity (Wildman–Crippen MR) is 96.3 cm³/mol. The van der Waals surface area contributed by atoms with Crippen LogP contribution in [0.2, 0.25) is 0 Å². The smallest absolute Gasteiger partial charge is 0.338 e. The minimum atomic E-state index is -0.332. The van der Waals surface area contributed by atoms with Crippen LogP contribution >= 0.6 is 12.2 Å². The first-order valence-corrected chi connectivity index (χ1v) is 7.97. The monoisotopic (exact) mass is 333 g/mol. The van der Waals surface area contributed by atoms with E-state index in [1.807, 2.05) is 64.0 Å². The molecule has 124 valence electrons. The molecule has 0 saturated carbocycles. The van der Waals surface area contributed by atoms with E-state index in [1.54, 1.807) is 0 Å². The lowest BCUT2D eigenvalue weighted by Gasteiger charge is -2.30. The molecule has 0 aromatic heterocycles. The maximum Gasteiger partial charge on any atom is 0.338 e. The lowest BCUT2D eigenvalue weighted by atomic mass is 9.95. The van der Waals surface area contributed by atoms with Crippen LogP contribution in [0.4, 0.5) is 5.69 Å². The Balaban J connectivity index is 2.38. The fourth-order valence-electron chi connectivity index (χ4n) is 2.46. The highest BCUT2D eigenvalue weighted by atomic mass is 32.1. The van der Waals surface area contributed by atoms with Crippen LogP contribution in [-0.2, 0) is 9.53 Å². The van der Waals surface area contributed by atoms with E-state index in [1.165, 1.54) is 0 Å². The highest BCUT2D eigenvalue weighted by Crippen LogP contribution is 2.29.